The van der Waals surface area contributed by atoms with E-state index >= 15 is 0 Å². The van der Waals surface area contributed by atoms with Crippen molar-refractivity contribution >= 4 is 48.4 Å². The van der Waals surface area contributed by atoms with Crippen LogP contribution in [0.15, 0.2) is 24.4 Å². The second kappa shape index (κ2) is 17.8. The van der Waals surface area contributed by atoms with Crippen LogP contribution in [0.4, 0.5) is 5.82 Å². The van der Waals surface area contributed by atoms with E-state index < -0.39 is 6.10 Å². The van der Waals surface area contributed by atoms with Crippen molar-refractivity contribution in [3.8, 4) is 0 Å². The first-order valence-corrected chi connectivity index (χ1v) is 15.0. The number of nitrogens with zero attached hydrogens (tertiary/aromatic N) is 4. The Balaban J connectivity index is 0.00000280. The van der Waals surface area contributed by atoms with Gasteiger partial charge in [-0.2, -0.15) is 0 Å². The number of amides is 2. The largest absolute Gasteiger partial charge is 0.459 e. The van der Waals surface area contributed by atoms with Crippen molar-refractivity contribution in [3.05, 3.63) is 24.4 Å². The Morgan fingerprint density at radius 1 is 0.900 bits per heavy atom. The number of piperazine rings is 1. The van der Waals surface area contributed by atoms with E-state index in [2.05, 4.69) is 21.7 Å². The number of carbonyl (C=O) groups is 3. The third kappa shape index (κ3) is 9.59. The Hall–Kier alpha value is -1.90. The highest BCUT2D eigenvalue weighted by Gasteiger charge is 2.48. The topological polar surface area (TPSA) is 83.1 Å². The molecule has 226 valence electrons. The van der Waals surface area contributed by atoms with Gasteiger partial charge in [-0.25, -0.2) is 4.98 Å². The number of esters is 1. The van der Waals surface area contributed by atoms with Crippen molar-refractivity contribution in [1.82, 2.24) is 14.8 Å². The monoisotopic (exact) mass is 598 g/mol. The van der Waals surface area contributed by atoms with E-state index in [-0.39, 0.29) is 61.0 Å². The van der Waals surface area contributed by atoms with Gasteiger partial charge in [0, 0.05) is 45.3 Å². The fourth-order valence-electron chi connectivity index (χ4n) is 6.21. The molecule has 0 N–H and O–H groups in total. The molecule has 1 saturated carbocycles. The van der Waals surface area contributed by atoms with Crippen LogP contribution in [0.3, 0.4) is 0 Å². The van der Waals surface area contributed by atoms with Crippen molar-refractivity contribution in [2.24, 2.45) is 11.8 Å². The molecule has 40 heavy (non-hydrogen) atoms. The van der Waals surface area contributed by atoms with Crippen molar-refractivity contribution in [2.45, 2.75) is 90.1 Å². The van der Waals surface area contributed by atoms with Crippen molar-refractivity contribution in [1.29, 1.82) is 0 Å². The van der Waals surface area contributed by atoms with E-state index in [9.17, 15) is 14.4 Å². The summed E-state index contributed by atoms with van der Waals surface area (Å²) in [6.45, 7) is 6.22. The Kier molecular flexibility index (Phi) is 15.3. The summed E-state index contributed by atoms with van der Waals surface area (Å²) in [6.07, 6.45) is 13.3. The number of rotatable bonds is 14. The lowest BCUT2D eigenvalue weighted by molar-refractivity contribution is -0.155. The summed E-state index contributed by atoms with van der Waals surface area (Å²) < 4.78 is 5.97. The van der Waals surface area contributed by atoms with Gasteiger partial charge < -0.3 is 9.64 Å². The van der Waals surface area contributed by atoms with Gasteiger partial charge in [0.1, 0.15) is 11.9 Å². The van der Waals surface area contributed by atoms with Crippen molar-refractivity contribution in [2.75, 3.05) is 44.2 Å². The predicted octanol–water partition coefficient (Wildman–Crippen LogP) is 5.27. The zero-order chi connectivity index (χ0) is 26.7. The molecule has 3 fully saturated rings. The number of anilines is 1. The van der Waals surface area contributed by atoms with Crippen LogP contribution in [0.5, 0.6) is 0 Å². The number of hydrogen-bond acceptors (Lipinski definition) is 7. The lowest BCUT2D eigenvalue weighted by Crippen LogP contribution is -2.51. The van der Waals surface area contributed by atoms with Gasteiger partial charge in [-0.1, -0.05) is 64.4 Å². The number of imide groups is 1. The second-order valence-corrected chi connectivity index (χ2v) is 11.2. The van der Waals surface area contributed by atoms with Crippen LogP contribution >= 0.6 is 24.8 Å². The first kappa shape index (κ1) is 34.3. The van der Waals surface area contributed by atoms with E-state index in [0.29, 0.717) is 13.0 Å². The van der Waals surface area contributed by atoms with Crippen LogP contribution < -0.4 is 4.90 Å². The van der Waals surface area contributed by atoms with E-state index in [1.807, 2.05) is 24.4 Å². The molecule has 1 aromatic heterocycles. The number of unbranched alkanes of at least 4 members (excludes halogenated alkanes) is 6. The molecular weight excluding hydrogens is 551 g/mol. The molecular formula is C30H48Cl2N4O4. The molecule has 2 saturated heterocycles. The highest BCUT2D eigenvalue weighted by molar-refractivity contribution is 6.05. The average Bonchev–Trinajstić information content (AvgIpc) is 3.18. The minimum Gasteiger partial charge on any atom is -0.459 e. The maximum Gasteiger partial charge on any atom is 0.306 e. The SMILES string of the molecule is CCCCCCCCCC(=O)OC(CN1CCN(c2ccccn2)CC1)CN1C(=O)C2CCCCC2C1=O.Cl.Cl. The Labute approximate surface area is 252 Å². The van der Waals surface area contributed by atoms with Gasteiger partial charge in [-0.3, -0.25) is 24.2 Å². The van der Waals surface area contributed by atoms with Gasteiger partial charge in [-0.15, -0.1) is 24.8 Å². The zero-order valence-corrected chi connectivity index (χ0v) is 25.6. The molecule has 3 unspecified atom stereocenters. The molecule has 8 nitrogen and oxygen atoms in total. The van der Waals surface area contributed by atoms with Gasteiger partial charge in [0.2, 0.25) is 11.8 Å². The fourth-order valence-corrected chi connectivity index (χ4v) is 6.21. The highest BCUT2D eigenvalue weighted by atomic mass is 35.5. The Bertz CT molecular complexity index is 890. The normalized spacial score (nSPS) is 21.8. The Morgan fingerprint density at radius 3 is 2.12 bits per heavy atom. The molecule has 3 aliphatic rings. The van der Waals surface area contributed by atoms with Crippen LogP contribution in [0.25, 0.3) is 0 Å². The minimum absolute atomic E-state index is 0. The van der Waals surface area contributed by atoms with Crippen LogP contribution in [0.2, 0.25) is 0 Å². The van der Waals surface area contributed by atoms with Crippen LogP contribution in [0, 0.1) is 11.8 Å². The molecule has 1 aromatic rings. The summed E-state index contributed by atoms with van der Waals surface area (Å²) in [5.41, 5.74) is 0. The summed E-state index contributed by atoms with van der Waals surface area (Å²) in [6, 6.07) is 5.94. The van der Waals surface area contributed by atoms with Gasteiger partial charge in [0.15, 0.2) is 0 Å². The number of hydrogen-bond donors (Lipinski definition) is 0. The number of carbonyl (C=O) groups excluding carboxylic acids is 3. The lowest BCUT2D eigenvalue weighted by atomic mass is 9.81. The maximum absolute atomic E-state index is 13.1. The van der Waals surface area contributed by atoms with Gasteiger partial charge >= 0.3 is 5.97 Å². The predicted molar refractivity (Wildman–Crippen MR) is 162 cm³/mol. The molecule has 0 radical (unpaired) electrons. The summed E-state index contributed by atoms with van der Waals surface area (Å²) in [7, 11) is 0. The maximum atomic E-state index is 13.1. The molecule has 0 bridgehead atoms. The number of fused-ring (bicyclic) bond motifs is 1. The van der Waals surface area contributed by atoms with Crippen molar-refractivity contribution in [3.63, 3.8) is 0 Å². The van der Waals surface area contributed by atoms with E-state index in [4.69, 9.17) is 4.74 Å². The minimum atomic E-state index is -0.499. The van der Waals surface area contributed by atoms with Crippen LogP contribution in [0.1, 0.15) is 84.0 Å². The number of halogens is 2. The quantitative estimate of drug-likeness (QED) is 0.164. The number of pyridine rings is 1. The Morgan fingerprint density at radius 2 is 1.52 bits per heavy atom. The third-order valence-electron chi connectivity index (χ3n) is 8.41. The summed E-state index contributed by atoms with van der Waals surface area (Å²) >= 11 is 0. The molecule has 0 aromatic carbocycles. The fraction of sp³-hybridized carbons (Fsp3) is 0.733. The summed E-state index contributed by atoms with van der Waals surface area (Å²) in [4.78, 5) is 49.5. The van der Waals surface area contributed by atoms with Gasteiger partial charge in [0.05, 0.1) is 18.4 Å². The second-order valence-electron chi connectivity index (χ2n) is 11.2. The molecule has 3 heterocycles. The molecule has 0 spiro atoms. The smallest absolute Gasteiger partial charge is 0.306 e. The van der Waals surface area contributed by atoms with E-state index in [1.165, 1.54) is 30.6 Å². The van der Waals surface area contributed by atoms with E-state index in [0.717, 1.165) is 76.9 Å². The van der Waals surface area contributed by atoms with Crippen LogP contribution in [-0.4, -0.2) is 77.9 Å². The first-order valence-electron chi connectivity index (χ1n) is 15.0. The van der Waals surface area contributed by atoms with Gasteiger partial charge in [0.25, 0.3) is 0 Å². The molecule has 2 aliphatic heterocycles. The molecule has 4 rings (SSSR count). The lowest BCUT2D eigenvalue weighted by Gasteiger charge is -2.37. The highest BCUT2D eigenvalue weighted by Crippen LogP contribution is 2.38. The average molecular weight is 600 g/mol. The summed E-state index contributed by atoms with van der Waals surface area (Å²) in [5.74, 6) is 0.276. The number of ether oxygens (including phenoxy) is 1. The third-order valence-corrected chi connectivity index (χ3v) is 8.41. The standard InChI is InChI=1S/C30H46N4O4.2ClH/c1-2-3-4-5-6-7-8-16-28(35)38-24(23-34-29(36)25-13-9-10-14-26(25)30(34)37)22-32-18-20-33(21-19-32)27-15-11-12-17-31-27;;/h11-12,15,17,24-26H,2-10,13-14,16,18-23H2,1H3;2*1H. The molecule has 3 atom stereocenters. The van der Waals surface area contributed by atoms with Gasteiger partial charge in [-0.05, 0) is 31.4 Å². The molecule has 1 aliphatic carbocycles. The van der Waals surface area contributed by atoms with Crippen molar-refractivity contribution < 1.29 is 19.1 Å². The first-order chi connectivity index (χ1) is 18.6. The zero-order valence-electron chi connectivity index (χ0n) is 24.0. The molecule has 10 heteroatoms. The van der Waals surface area contributed by atoms with E-state index in [1.54, 1.807) is 0 Å². The van der Waals surface area contributed by atoms with Crippen LogP contribution in [-0.2, 0) is 19.1 Å². The number of likely N-dealkylation sites (tertiary alicyclic amines) is 1. The summed E-state index contributed by atoms with van der Waals surface area (Å²) in [5, 5.41) is 0. The molecule has 2 amide bonds. The number of aromatic nitrogens is 1.